The smallest absolute Gasteiger partial charge is 0.240 e. The second-order valence-corrected chi connectivity index (χ2v) is 23.9. The number of nitrogens with zero attached hydrogens (tertiary/aromatic N) is 4. The summed E-state index contributed by atoms with van der Waals surface area (Å²) in [7, 11) is 0.421. The number of aliphatic hydroxyl groups excluding tert-OH is 1. The number of sulfonamides is 2. The molecule has 12 nitrogen and oxygen atoms in total. The molecule has 0 fully saturated rings. The lowest BCUT2D eigenvalue weighted by atomic mass is 9.87. The van der Waals surface area contributed by atoms with Gasteiger partial charge in [0.1, 0.15) is 11.6 Å². The molecule has 0 saturated carbocycles. The van der Waals surface area contributed by atoms with Crippen molar-refractivity contribution in [2.75, 3.05) is 54.4 Å². The summed E-state index contributed by atoms with van der Waals surface area (Å²) in [6.07, 6.45) is 6.88. The third kappa shape index (κ3) is 12.9. The number of rotatable bonds is 18. The fourth-order valence-electron chi connectivity index (χ4n) is 9.99. The number of aldehydes is 1. The number of nitrogens with one attached hydrogen (secondary N) is 2. The van der Waals surface area contributed by atoms with E-state index >= 15 is 0 Å². The number of hydrogen-bond donors (Lipinski definition) is 3. The number of aromatic nitrogens is 2. The van der Waals surface area contributed by atoms with E-state index in [0.29, 0.717) is 49.3 Å². The maximum Gasteiger partial charge on any atom is 0.240 e. The Hall–Kier alpha value is -5.59. The van der Waals surface area contributed by atoms with Gasteiger partial charge in [0.2, 0.25) is 20.0 Å². The van der Waals surface area contributed by atoms with E-state index < -0.39 is 20.0 Å². The van der Waals surface area contributed by atoms with Gasteiger partial charge in [-0.3, -0.25) is 14.8 Å². The molecule has 2 aliphatic rings. The van der Waals surface area contributed by atoms with Crippen LogP contribution in [-0.4, -0.2) is 102 Å². The predicted octanol–water partition coefficient (Wildman–Crippen LogP) is 10.1. The number of carbonyl (C=O) groups excluding carboxylic acids is 1. The molecule has 2 aliphatic carbocycles. The van der Waals surface area contributed by atoms with Gasteiger partial charge in [0, 0.05) is 41.0 Å². The van der Waals surface area contributed by atoms with Crippen LogP contribution in [0.4, 0.5) is 8.78 Å². The highest BCUT2D eigenvalue weighted by Gasteiger charge is 2.29. The molecule has 0 saturated heterocycles. The van der Waals surface area contributed by atoms with E-state index in [1.165, 1.54) is 24.3 Å². The number of pyridine rings is 2. The van der Waals surface area contributed by atoms with Gasteiger partial charge in [0.25, 0.3) is 0 Å². The molecule has 3 N–H and O–H groups in total. The molecule has 0 radical (unpaired) electrons. The third-order valence-corrected chi connectivity index (χ3v) is 16.5. The van der Waals surface area contributed by atoms with Gasteiger partial charge in [0.05, 0.1) is 33.5 Å². The first-order valence-corrected chi connectivity index (χ1v) is 28.5. The number of benzene rings is 4. The molecule has 0 bridgehead atoms. The maximum absolute atomic E-state index is 13.8. The van der Waals surface area contributed by atoms with Gasteiger partial charge in [-0.15, -0.1) is 0 Å². The van der Waals surface area contributed by atoms with Crippen LogP contribution >= 0.6 is 0 Å². The van der Waals surface area contributed by atoms with E-state index in [9.17, 15) is 35.5 Å². The molecule has 0 amide bonds. The molecule has 0 unspecified atom stereocenters. The Bertz CT molecular complexity index is 3200. The highest BCUT2D eigenvalue weighted by molar-refractivity contribution is 7.89. The van der Waals surface area contributed by atoms with Crippen molar-refractivity contribution in [1.29, 1.82) is 0 Å². The van der Waals surface area contributed by atoms with Crippen LogP contribution in [-0.2, 0) is 52.3 Å². The highest BCUT2D eigenvalue weighted by atomic mass is 32.2. The van der Waals surface area contributed by atoms with Crippen LogP contribution in [0.5, 0.6) is 0 Å². The lowest BCUT2D eigenvalue weighted by molar-refractivity contribution is 0.112. The summed E-state index contributed by atoms with van der Waals surface area (Å²) in [5.41, 5.74) is 12.8. The summed E-state index contributed by atoms with van der Waals surface area (Å²) in [4.78, 5) is 26.8. The predicted molar refractivity (Wildman–Crippen MR) is 290 cm³/mol. The Morgan fingerprint density at radius 1 is 0.608 bits per heavy atom. The standard InChI is InChI=1S/C29H36FN3O3S.C29H34FN3O3S/c2*1-19(2)28-26(18-34)27(21-9-12-22(30)13-10-21)24-8-5-7-20-11-14-23(17-25(20)29(24)32-28)37(35,36)31-15-6-16-33(3)4/h9-14,17,19,31,34H,5-8,15-16,18H2,1-4H3;9-14,17-19,31H,5-8,15-16H2,1-4H3. The van der Waals surface area contributed by atoms with Gasteiger partial charge in [-0.05, 0) is 198 Å². The number of aliphatic hydroxyl groups is 1. The maximum atomic E-state index is 13.8. The lowest BCUT2D eigenvalue weighted by Crippen LogP contribution is -2.27. The van der Waals surface area contributed by atoms with Crippen molar-refractivity contribution in [2.45, 2.75) is 107 Å². The Labute approximate surface area is 436 Å². The van der Waals surface area contributed by atoms with Crippen molar-refractivity contribution in [3.63, 3.8) is 0 Å². The van der Waals surface area contributed by atoms with Crippen LogP contribution in [0.1, 0.15) is 115 Å². The number of hydrogen-bond acceptors (Lipinski definition) is 10. The molecule has 8 rings (SSSR count). The van der Waals surface area contributed by atoms with Gasteiger partial charge in [-0.25, -0.2) is 35.1 Å². The molecule has 0 atom stereocenters. The molecule has 2 heterocycles. The number of fused-ring (bicyclic) bond motifs is 6. The number of aryl methyl sites for hydroxylation is 2. The summed E-state index contributed by atoms with van der Waals surface area (Å²) in [6, 6.07) is 23.0. The number of carbonyl (C=O) groups is 1. The van der Waals surface area contributed by atoms with Crippen molar-refractivity contribution in [1.82, 2.24) is 29.2 Å². The number of halogens is 2. The molecule has 16 heteroatoms. The minimum absolute atomic E-state index is 0.0311. The van der Waals surface area contributed by atoms with Crippen molar-refractivity contribution < 1.29 is 35.5 Å². The van der Waals surface area contributed by atoms with Crippen molar-refractivity contribution in [3.8, 4) is 44.8 Å². The van der Waals surface area contributed by atoms with Gasteiger partial charge in [0.15, 0.2) is 6.29 Å². The van der Waals surface area contributed by atoms with Crippen LogP contribution in [0.3, 0.4) is 0 Å². The largest absolute Gasteiger partial charge is 0.392 e. The zero-order valence-electron chi connectivity index (χ0n) is 43.9. The molecule has 4 aromatic carbocycles. The Kier molecular flexibility index (Phi) is 18.5. The van der Waals surface area contributed by atoms with Crippen LogP contribution in [0.15, 0.2) is 94.7 Å². The minimum Gasteiger partial charge on any atom is -0.392 e. The first-order chi connectivity index (χ1) is 35.2. The van der Waals surface area contributed by atoms with Gasteiger partial charge in [-0.2, -0.15) is 0 Å². The van der Waals surface area contributed by atoms with Crippen molar-refractivity contribution >= 4 is 26.3 Å². The lowest BCUT2D eigenvalue weighted by Gasteiger charge is -2.22. The van der Waals surface area contributed by atoms with Crippen LogP contribution in [0.25, 0.3) is 44.8 Å². The summed E-state index contributed by atoms with van der Waals surface area (Å²) < 4.78 is 85.5. The van der Waals surface area contributed by atoms with E-state index in [-0.39, 0.29) is 39.9 Å². The zero-order chi connectivity index (χ0) is 53.5. The van der Waals surface area contributed by atoms with Gasteiger partial charge in [-0.1, -0.05) is 64.1 Å². The first-order valence-electron chi connectivity index (χ1n) is 25.5. The van der Waals surface area contributed by atoms with Crippen LogP contribution in [0.2, 0.25) is 0 Å². The topological polar surface area (TPSA) is 162 Å². The summed E-state index contributed by atoms with van der Waals surface area (Å²) in [5, 5.41) is 10.4. The highest BCUT2D eigenvalue weighted by Crippen LogP contribution is 2.44. The monoisotopic (exact) mass is 1050 g/mol. The zero-order valence-corrected chi connectivity index (χ0v) is 45.5. The fourth-order valence-corrected chi connectivity index (χ4v) is 12.2. The fraction of sp³-hybridized carbons (Fsp3) is 0.397. The third-order valence-electron chi connectivity index (χ3n) is 13.6. The molecular weight excluding hydrogens is 979 g/mol. The molecule has 0 aliphatic heterocycles. The van der Waals surface area contributed by atoms with E-state index in [0.717, 1.165) is 124 Å². The Balaban J connectivity index is 0.000000216. The first kappa shape index (κ1) is 56.1. The Morgan fingerprint density at radius 2 is 1.03 bits per heavy atom. The average Bonchev–Trinajstić information content (AvgIpc) is 3.67. The SMILES string of the molecule is CC(C)c1nc2c(c(-c3ccc(F)cc3)c1C=O)CCCc1ccc(S(=O)(=O)NCCCN(C)C)cc1-2.CC(C)c1nc2c(c(-c3ccc(F)cc3)c1CO)CCCc1ccc(S(=O)(=O)NCCCN(C)C)cc1-2. The quantitative estimate of drug-likeness (QED) is 0.0558. The molecule has 74 heavy (non-hydrogen) atoms. The van der Waals surface area contributed by atoms with Gasteiger partial charge < -0.3 is 14.9 Å². The van der Waals surface area contributed by atoms with E-state index in [1.54, 1.807) is 48.5 Å². The summed E-state index contributed by atoms with van der Waals surface area (Å²) in [6.45, 7) is 10.1. The molecule has 6 aromatic rings. The summed E-state index contributed by atoms with van der Waals surface area (Å²) >= 11 is 0. The molecule has 0 spiro atoms. The van der Waals surface area contributed by atoms with Crippen molar-refractivity contribution in [3.05, 3.63) is 141 Å². The van der Waals surface area contributed by atoms with Crippen LogP contribution < -0.4 is 9.44 Å². The molecule has 394 valence electrons. The van der Waals surface area contributed by atoms with E-state index in [2.05, 4.69) is 9.44 Å². The average molecular weight is 1050 g/mol. The van der Waals surface area contributed by atoms with Gasteiger partial charge >= 0.3 is 0 Å². The Morgan fingerprint density at radius 3 is 1.43 bits per heavy atom. The minimum atomic E-state index is -3.71. The normalized spacial score (nSPS) is 13.4. The van der Waals surface area contributed by atoms with E-state index in [4.69, 9.17) is 9.97 Å². The second-order valence-electron chi connectivity index (χ2n) is 20.3. The summed E-state index contributed by atoms with van der Waals surface area (Å²) in [5.74, 6) is -0.680. The molecule has 2 aromatic heterocycles. The van der Waals surface area contributed by atoms with Crippen LogP contribution in [0, 0.1) is 11.6 Å². The van der Waals surface area contributed by atoms with E-state index in [1.807, 2.05) is 77.8 Å². The molecular formula is C58H70F2N6O6S2. The second kappa shape index (κ2) is 24.4. The van der Waals surface area contributed by atoms with Crippen molar-refractivity contribution in [2.24, 2.45) is 0 Å².